The highest BCUT2D eigenvalue weighted by molar-refractivity contribution is 6.83. The summed E-state index contributed by atoms with van der Waals surface area (Å²) in [6.45, 7) is 1.78. The Hall–Kier alpha value is -2.50. The Morgan fingerprint density at radius 1 is 1.18 bits per heavy atom. The zero-order valence-corrected chi connectivity index (χ0v) is 8.85. The molecule has 0 saturated heterocycles. The number of oxime groups is 1. The second-order valence-corrected chi connectivity index (χ2v) is 3.61. The van der Waals surface area contributed by atoms with E-state index in [1.165, 1.54) is 6.07 Å². The fourth-order valence-corrected chi connectivity index (χ4v) is 1.56. The largest absolute Gasteiger partial charge is 0.410 e. The summed E-state index contributed by atoms with van der Waals surface area (Å²) < 4.78 is 0. The highest BCUT2D eigenvalue weighted by Crippen LogP contribution is 2.21. The van der Waals surface area contributed by atoms with Gasteiger partial charge in [0, 0.05) is 5.56 Å². The van der Waals surface area contributed by atoms with Crippen LogP contribution in [-0.4, -0.2) is 28.4 Å². The Morgan fingerprint density at radius 2 is 1.88 bits per heavy atom. The SMILES string of the molecule is Cc1ccc2c(c1)NC(=O)C(=NO)C(=O)C2=O. The van der Waals surface area contributed by atoms with Gasteiger partial charge in [0.05, 0.1) is 5.69 Å². The normalized spacial score (nSPS) is 17.7. The Labute approximate surface area is 95.9 Å². The molecule has 0 aliphatic carbocycles. The van der Waals surface area contributed by atoms with E-state index in [2.05, 4.69) is 10.5 Å². The summed E-state index contributed by atoms with van der Waals surface area (Å²) in [5, 5.41) is 13.5. The van der Waals surface area contributed by atoms with E-state index >= 15 is 0 Å². The molecular formula is C11H8N2O4. The number of nitrogens with zero attached hydrogens (tertiary/aromatic N) is 1. The minimum Gasteiger partial charge on any atom is -0.410 e. The van der Waals surface area contributed by atoms with Crippen LogP contribution in [-0.2, 0) is 9.59 Å². The smallest absolute Gasteiger partial charge is 0.281 e. The number of hydrogen-bond acceptors (Lipinski definition) is 5. The van der Waals surface area contributed by atoms with E-state index in [9.17, 15) is 14.4 Å². The molecule has 1 aromatic carbocycles. The molecule has 2 rings (SSSR count). The van der Waals surface area contributed by atoms with E-state index in [-0.39, 0.29) is 11.3 Å². The first kappa shape index (κ1) is 11.0. The van der Waals surface area contributed by atoms with Crippen LogP contribution in [0.5, 0.6) is 0 Å². The molecule has 1 aliphatic rings. The number of anilines is 1. The van der Waals surface area contributed by atoms with Crippen LogP contribution >= 0.6 is 0 Å². The third kappa shape index (κ3) is 1.69. The number of carbonyl (C=O) groups excluding carboxylic acids is 3. The lowest BCUT2D eigenvalue weighted by Gasteiger charge is -2.04. The first-order chi connectivity index (χ1) is 8.04. The molecule has 0 atom stereocenters. The number of Topliss-reactive ketones (excluding diaryl/α,β-unsaturated/α-hetero) is 2. The van der Waals surface area contributed by atoms with Crippen molar-refractivity contribution >= 4 is 28.9 Å². The lowest BCUT2D eigenvalue weighted by atomic mass is 10.0. The predicted octanol–water partition coefficient (Wildman–Crippen LogP) is 0.529. The number of fused-ring (bicyclic) bond motifs is 1. The van der Waals surface area contributed by atoms with Crippen molar-refractivity contribution in [3.63, 3.8) is 0 Å². The van der Waals surface area contributed by atoms with Crippen LogP contribution in [0.3, 0.4) is 0 Å². The van der Waals surface area contributed by atoms with Crippen molar-refractivity contribution in [2.45, 2.75) is 6.92 Å². The lowest BCUT2D eigenvalue weighted by Crippen LogP contribution is -2.31. The van der Waals surface area contributed by atoms with Crippen LogP contribution in [0.15, 0.2) is 23.4 Å². The summed E-state index contributed by atoms with van der Waals surface area (Å²) in [6, 6.07) is 4.67. The highest BCUT2D eigenvalue weighted by Gasteiger charge is 2.33. The number of amides is 1. The molecule has 17 heavy (non-hydrogen) atoms. The van der Waals surface area contributed by atoms with Crippen molar-refractivity contribution in [1.82, 2.24) is 0 Å². The van der Waals surface area contributed by atoms with Crippen molar-refractivity contribution in [3.05, 3.63) is 29.3 Å². The van der Waals surface area contributed by atoms with Gasteiger partial charge in [0.2, 0.25) is 11.5 Å². The van der Waals surface area contributed by atoms with Crippen LogP contribution in [0, 0.1) is 6.92 Å². The van der Waals surface area contributed by atoms with Gasteiger partial charge in [-0.15, -0.1) is 0 Å². The van der Waals surface area contributed by atoms with Gasteiger partial charge in [-0.25, -0.2) is 0 Å². The van der Waals surface area contributed by atoms with Gasteiger partial charge in [-0.2, -0.15) is 0 Å². The molecule has 0 saturated carbocycles. The molecule has 0 radical (unpaired) electrons. The Morgan fingerprint density at radius 3 is 2.53 bits per heavy atom. The molecule has 1 heterocycles. The third-order valence-corrected chi connectivity index (χ3v) is 2.40. The maximum atomic E-state index is 11.7. The van der Waals surface area contributed by atoms with Crippen LogP contribution < -0.4 is 5.32 Å². The summed E-state index contributed by atoms with van der Waals surface area (Å²) in [5.74, 6) is -2.88. The van der Waals surface area contributed by atoms with E-state index in [1.54, 1.807) is 19.1 Å². The van der Waals surface area contributed by atoms with Crippen LogP contribution in [0.25, 0.3) is 0 Å². The summed E-state index contributed by atoms with van der Waals surface area (Å²) >= 11 is 0. The lowest BCUT2D eigenvalue weighted by molar-refractivity contribution is -0.113. The fourth-order valence-electron chi connectivity index (χ4n) is 1.56. The first-order valence-corrected chi connectivity index (χ1v) is 4.77. The average Bonchev–Trinajstić information content (AvgIpc) is 2.36. The average molecular weight is 232 g/mol. The highest BCUT2D eigenvalue weighted by atomic mass is 16.4. The van der Waals surface area contributed by atoms with E-state index < -0.39 is 23.2 Å². The van der Waals surface area contributed by atoms with Crippen molar-refractivity contribution in [2.24, 2.45) is 5.16 Å². The number of carbonyl (C=O) groups is 3. The monoisotopic (exact) mass is 232 g/mol. The van der Waals surface area contributed by atoms with Crippen molar-refractivity contribution < 1.29 is 19.6 Å². The van der Waals surface area contributed by atoms with Crippen molar-refractivity contribution in [3.8, 4) is 0 Å². The minimum absolute atomic E-state index is 0.0904. The van der Waals surface area contributed by atoms with Gasteiger partial charge in [0.1, 0.15) is 0 Å². The summed E-state index contributed by atoms with van der Waals surface area (Å²) in [4.78, 5) is 34.8. The molecule has 0 fully saturated rings. The molecule has 2 N–H and O–H groups in total. The fraction of sp³-hybridized carbons (Fsp3) is 0.0909. The molecule has 0 bridgehead atoms. The molecule has 6 nitrogen and oxygen atoms in total. The van der Waals surface area contributed by atoms with E-state index in [0.29, 0.717) is 0 Å². The number of ketones is 2. The van der Waals surface area contributed by atoms with Gasteiger partial charge in [0.15, 0.2) is 0 Å². The van der Waals surface area contributed by atoms with E-state index in [4.69, 9.17) is 5.21 Å². The summed E-state index contributed by atoms with van der Waals surface area (Å²) in [7, 11) is 0. The number of nitrogens with one attached hydrogen (secondary N) is 1. The Balaban J connectivity index is 2.64. The molecule has 0 aromatic heterocycles. The quantitative estimate of drug-likeness (QED) is 0.387. The van der Waals surface area contributed by atoms with Crippen LogP contribution in [0.4, 0.5) is 5.69 Å². The number of hydrogen-bond donors (Lipinski definition) is 2. The summed E-state index contributed by atoms with van der Waals surface area (Å²) in [6.07, 6.45) is 0. The van der Waals surface area contributed by atoms with Gasteiger partial charge < -0.3 is 10.5 Å². The van der Waals surface area contributed by atoms with Crippen LogP contribution in [0.1, 0.15) is 15.9 Å². The van der Waals surface area contributed by atoms with E-state index in [1.807, 2.05) is 0 Å². The van der Waals surface area contributed by atoms with Gasteiger partial charge in [0.25, 0.3) is 11.7 Å². The number of aryl methyl sites for hydroxylation is 1. The van der Waals surface area contributed by atoms with Crippen molar-refractivity contribution in [1.29, 1.82) is 0 Å². The third-order valence-electron chi connectivity index (χ3n) is 2.40. The molecule has 0 spiro atoms. The first-order valence-electron chi connectivity index (χ1n) is 4.77. The molecule has 1 amide bonds. The van der Waals surface area contributed by atoms with Gasteiger partial charge in [-0.1, -0.05) is 11.2 Å². The number of rotatable bonds is 0. The maximum absolute atomic E-state index is 11.7. The zero-order chi connectivity index (χ0) is 12.6. The predicted molar refractivity (Wildman–Crippen MR) is 58.4 cm³/mol. The topological polar surface area (TPSA) is 95.8 Å². The van der Waals surface area contributed by atoms with E-state index in [0.717, 1.165) is 5.56 Å². The maximum Gasteiger partial charge on any atom is 0.281 e. The molecule has 0 unspecified atom stereocenters. The minimum atomic E-state index is -1.12. The molecule has 1 aliphatic heterocycles. The Bertz CT molecular complexity index is 575. The van der Waals surface area contributed by atoms with Gasteiger partial charge >= 0.3 is 0 Å². The summed E-state index contributed by atoms with van der Waals surface area (Å²) in [5.41, 5.74) is 0.358. The zero-order valence-electron chi connectivity index (χ0n) is 8.85. The van der Waals surface area contributed by atoms with Crippen LogP contribution in [0.2, 0.25) is 0 Å². The molecular weight excluding hydrogens is 224 g/mol. The number of benzene rings is 1. The van der Waals surface area contributed by atoms with Gasteiger partial charge in [-0.3, -0.25) is 14.4 Å². The second kappa shape index (κ2) is 3.82. The van der Waals surface area contributed by atoms with Crippen molar-refractivity contribution in [2.75, 3.05) is 5.32 Å². The molecule has 86 valence electrons. The molecule has 1 aromatic rings. The standard InChI is InChI=1S/C11H8N2O4/c1-5-2-3-6-7(4-5)12-11(16)8(13-17)10(15)9(6)14/h2-4,17H,1H3,(H,12,16). The van der Waals surface area contributed by atoms with Gasteiger partial charge in [-0.05, 0) is 24.6 Å². The second-order valence-electron chi connectivity index (χ2n) is 3.61. The molecule has 6 heteroatoms. The Kier molecular flexibility index (Phi) is 2.47.